The number of likely N-dealkylation sites (tertiary alicyclic amines) is 1. The lowest BCUT2D eigenvalue weighted by molar-refractivity contribution is -0.142. The van der Waals surface area contributed by atoms with Gasteiger partial charge in [0.05, 0.1) is 5.92 Å². The van der Waals surface area contributed by atoms with Gasteiger partial charge in [0.25, 0.3) is 0 Å². The SMILES string of the molecule is O=C(O)C(Cc1cccs1)CN1CCCCC1. The lowest BCUT2D eigenvalue weighted by atomic mass is 10.0. The molecule has 1 unspecified atom stereocenters. The van der Waals surface area contributed by atoms with E-state index < -0.39 is 5.97 Å². The van der Waals surface area contributed by atoms with Crippen molar-refractivity contribution in [2.24, 2.45) is 5.92 Å². The number of aliphatic carboxylic acids is 1. The van der Waals surface area contributed by atoms with Crippen LogP contribution < -0.4 is 0 Å². The Balaban J connectivity index is 1.90. The molecule has 1 aromatic heterocycles. The zero-order chi connectivity index (χ0) is 12.1. The number of rotatable bonds is 5. The van der Waals surface area contributed by atoms with Gasteiger partial charge in [-0.3, -0.25) is 4.79 Å². The zero-order valence-corrected chi connectivity index (χ0v) is 10.8. The third-order valence-electron chi connectivity index (χ3n) is 3.30. The first-order chi connectivity index (χ1) is 8.25. The molecule has 4 heteroatoms. The average molecular weight is 253 g/mol. The summed E-state index contributed by atoms with van der Waals surface area (Å²) in [5.74, 6) is -0.921. The molecule has 94 valence electrons. The molecule has 3 nitrogen and oxygen atoms in total. The molecule has 17 heavy (non-hydrogen) atoms. The third kappa shape index (κ3) is 3.82. The van der Waals surface area contributed by atoms with Gasteiger partial charge in [0.15, 0.2) is 0 Å². The van der Waals surface area contributed by atoms with Gasteiger partial charge < -0.3 is 10.0 Å². The third-order valence-corrected chi connectivity index (χ3v) is 4.20. The molecule has 1 saturated heterocycles. The molecule has 1 N–H and O–H groups in total. The Morgan fingerprint density at radius 1 is 1.41 bits per heavy atom. The van der Waals surface area contributed by atoms with Crippen LogP contribution in [-0.2, 0) is 11.2 Å². The zero-order valence-electron chi connectivity index (χ0n) is 9.97. The largest absolute Gasteiger partial charge is 0.481 e. The van der Waals surface area contributed by atoms with E-state index in [0.717, 1.165) is 13.1 Å². The van der Waals surface area contributed by atoms with E-state index >= 15 is 0 Å². The minimum absolute atomic E-state index is 0.258. The highest BCUT2D eigenvalue weighted by Crippen LogP contribution is 2.18. The Morgan fingerprint density at radius 3 is 2.76 bits per heavy atom. The molecule has 0 radical (unpaired) electrons. The Morgan fingerprint density at radius 2 is 2.18 bits per heavy atom. The second kappa shape index (κ2) is 6.17. The van der Waals surface area contributed by atoms with Gasteiger partial charge in [-0.1, -0.05) is 12.5 Å². The van der Waals surface area contributed by atoms with Crippen LogP contribution in [0.15, 0.2) is 17.5 Å². The summed E-state index contributed by atoms with van der Waals surface area (Å²) in [5.41, 5.74) is 0. The lowest BCUT2D eigenvalue weighted by Crippen LogP contribution is -2.37. The average Bonchev–Trinajstić information content (AvgIpc) is 2.82. The topological polar surface area (TPSA) is 40.5 Å². The van der Waals surface area contributed by atoms with Crippen LogP contribution in [0.2, 0.25) is 0 Å². The fraction of sp³-hybridized carbons (Fsp3) is 0.615. The highest BCUT2D eigenvalue weighted by molar-refractivity contribution is 7.09. The summed E-state index contributed by atoms with van der Waals surface area (Å²) in [5, 5.41) is 11.3. The van der Waals surface area contributed by atoms with E-state index in [0.29, 0.717) is 13.0 Å². The Hall–Kier alpha value is -0.870. The summed E-state index contributed by atoms with van der Waals surface area (Å²) in [4.78, 5) is 14.8. The van der Waals surface area contributed by atoms with Gasteiger partial charge in [-0.05, 0) is 43.8 Å². The highest BCUT2D eigenvalue weighted by atomic mass is 32.1. The molecule has 2 heterocycles. The van der Waals surface area contributed by atoms with Gasteiger partial charge >= 0.3 is 5.97 Å². The maximum Gasteiger partial charge on any atom is 0.308 e. The predicted octanol–water partition coefficient (Wildman–Crippen LogP) is 2.48. The number of thiophene rings is 1. The Labute approximate surface area is 106 Å². The van der Waals surface area contributed by atoms with Crippen molar-refractivity contribution < 1.29 is 9.90 Å². The molecule has 1 aromatic rings. The molecule has 0 aliphatic carbocycles. The van der Waals surface area contributed by atoms with Crippen LogP contribution in [0.5, 0.6) is 0 Å². The molecule has 0 bridgehead atoms. The number of hydrogen-bond donors (Lipinski definition) is 1. The number of carbonyl (C=O) groups is 1. The van der Waals surface area contributed by atoms with Crippen LogP contribution in [0.25, 0.3) is 0 Å². The van der Waals surface area contributed by atoms with Gasteiger partial charge in [-0.25, -0.2) is 0 Å². The Bertz CT molecular complexity index is 344. The standard InChI is InChI=1S/C13H19NO2S/c15-13(16)11(9-12-5-4-8-17-12)10-14-6-2-1-3-7-14/h4-5,8,11H,1-3,6-7,9-10H2,(H,15,16). The van der Waals surface area contributed by atoms with Crippen molar-refractivity contribution in [1.82, 2.24) is 4.90 Å². The fourth-order valence-corrected chi connectivity index (χ4v) is 3.14. The van der Waals surface area contributed by atoms with Gasteiger partial charge in [0.2, 0.25) is 0 Å². The molecular formula is C13H19NO2S. The number of carboxylic acids is 1. The molecule has 1 aliphatic heterocycles. The molecule has 1 atom stereocenters. The van der Waals surface area contributed by atoms with Crippen molar-refractivity contribution in [1.29, 1.82) is 0 Å². The van der Waals surface area contributed by atoms with Crippen molar-refractivity contribution in [3.63, 3.8) is 0 Å². The van der Waals surface area contributed by atoms with Crippen LogP contribution in [-0.4, -0.2) is 35.6 Å². The second-order valence-corrected chi connectivity index (χ2v) is 5.71. The molecular weight excluding hydrogens is 234 g/mol. The van der Waals surface area contributed by atoms with Crippen molar-refractivity contribution in [2.45, 2.75) is 25.7 Å². The highest BCUT2D eigenvalue weighted by Gasteiger charge is 2.22. The maximum absolute atomic E-state index is 11.3. The summed E-state index contributed by atoms with van der Waals surface area (Å²) < 4.78 is 0. The molecule has 1 fully saturated rings. The van der Waals surface area contributed by atoms with E-state index in [4.69, 9.17) is 0 Å². The fourth-order valence-electron chi connectivity index (χ4n) is 2.36. The number of hydrogen-bond acceptors (Lipinski definition) is 3. The van der Waals surface area contributed by atoms with Crippen LogP contribution in [0.1, 0.15) is 24.1 Å². The summed E-state index contributed by atoms with van der Waals surface area (Å²) in [6, 6.07) is 4.01. The Kier molecular flexibility index (Phi) is 4.57. The van der Waals surface area contributed by atoms with Crippen LogP contribution in [0.3, 0.4) is 0 Å². The quantitative estimate of drug-likeness (QED) is 0.876. The van der Waals surface area contributed by atoms with Crippen LogP contribution in [0.4, 0.5) is 0 Å². The van der Waals surface area contributed by atoms with E-state index in [9.17, 15) is 9.90 Å². The molecule has 0 spiro atoms. The first kappa shape index (κ1) is 12.6. The van der Waals surface area contributed by atoms with E-state index in [1.807, 2.05) is 17.5 Å². The smallest absolute Gasteiger partial charge is 0.308 e. The van der Waals surface area contributed by atoms with Gasteiger partial charge in [-0.2, -0.15) is 0 Å². The van der Waals surface area contributed by atoms with Crippen molar-refractivity contribution >= 4 is 17.3 Å². The number of piperidine rings is 1. The summed E-state index contributed by atoms with van der Waals surface area (Å²) in [7, 11) is 0. The monoisotopic (exact) mass is 253 g/mol. The van der Waals surface area contributed by atoms with Gasteiger partial charge in [0.1, 0.15) is 0 Å². The normalized spacial score (nSPS) is 19.1. The summed E-state index contributed by atoms with van der Waals surface area (Å²) in [6.07, 6.45) is 4.39. The van der Waals surface area contributed by atoms with Crippen LogP contribution >= 0.6 is 11.3 Å². The maximum atomic E-state index is 11.3. The molecule has 0 saturated carbocycles. The van der Waals surface area contributed by atoms with Crippen LogP contribution in [0, 0.1) is 5.92 Å². The molecule has 1 aliphatic rings. The molecule has 0 aromatic carbocycles. The first-order valence-electron chi connectivity index (χ1n) is 6.23. The summed E-state index contributed by atoms with van der Waals surface area (Å²) in [6.45, 7) is 2.83. The number of carboxylic acid groups (broad SMARTS) is 1. The van der Waals surface area contributed by atoms with E-state index in [-0.39, 0.29) is 5.92 Å². The van der Waals surface area contributed by atoms with Gasteiger partial charge in [-0.15, -0.1) is 11.3 Å². The molecule has 0 amide bonds. The predicted molar refractivity (Wildman–Crippen MR) is 69.4 cm³/mol. The van der Waals surface area contributed by atoms with E-state index in [1.54, 1.807) is 11.3 Å². The van der Waals surface area contributed by atoms with E-state index in [2.05, 4.69) is 4.90 Å². The van der Waals surface area contributed by atoms with Crippen molar-refractivity contribution in [3.05, 3.63) is 22.4 Å². The van der Waals surface area contributed by atoms with Gasteiger partial charge in [0, 0.05) is 11.4 Å². The van der Waals surface area contributed by atoms with Crippen molar-refractivity contribution in [2.75, 3.05) is 19.6 Å². The van der Waals surface area contributed by atoms with Crippen molar-refractivity contribution in [3.8, 4) is 0 Å². The minimum atomic E-state index is -0.663. The van der Waals surface area contributed by atoms with E-state index in [1.165, 1.54) is 24.1 Å². The minimum Gasteiger partial charge on any atom is -0.481 e. The lowest BCUT2D eigenvalue weighted by Gasteiger charge is -2.28. The molecule has 2 rings (SSSR count). The number of nitrogens with zero attached hydrogens (tertiary/aromatic N) is 1. The summed E-state index contributed by atoms with van der Waals surface area (Å²) >= 11 is 1.65. The first-order valence-corrected chi connectivity index (χ1v) is 7.11. The second-order valence-electron chi connectivity index (χ2n) is 4.68.